The van der Waals surface area contributed by atoms with Crippen LogP contribution in [0.15, 0.2) is 30.4 Å². The van der Waals surface area contributed by atoms with E-state index in [1.54, 1.807) is 12.1 Å². The van der Waals surface area contributed by atoms with Crippen LogP contribution >= 0.6 is 0 Å². The summed E-state index contributed by atoms with van der Waals surface area (Å²) >= 11 is 0. The van der Waals surface area contributed by atoms with Crippen molar-refractivity contribution in [2.45, 2.75) is 38.7 Å². The molecule has 1 aromatic carbocycles. The predicted molar refractivity (Wildman–Crippen MR) is 72.6 cm³/mol. The van der Waals surface area contributed by atoms with Crippen LogP contribution in [0.3, 0.4) is 0 Å². The molecule has 0 heterocycles. The minimum atomic E-state index is -0.226. The molecule has 2 rings (SSSR count). The van der Waals surface area contributed by atoms with Gasteiger partial charge < -0.3 is 10.1 Å². The normalized spacial score (nSPS) is 15.7. The SMILES string of the molecule is C/C=C\CCNc1cc(OC2CCC2)ccc1F. The summed E-state index contributed by atoms with van der Waals surface area (Å²) in [5.41, 5.74) is 0.524. The van der Waals surface area contributed by atoms with Crippen LogP contribution in [0.4, 0.5) is 10.1 Å². The molecule has 2 nitrogen and oxygen atoms in total. The third kappa shape index (κ3) is 3.49. The van der Waals surface area contributed by atoms with Gasteiger partial charge in [0.15, 0.2) is 0 Å². The van der Waals surface area contributed by atoms with E-state index in [-0.39, 0.29) is 5.82 Å². The Hall–Kier alpha value is -1.51. The van der Waals surface area contributed by atoms with E-state index in [4.69, 9.17) is 4.74 Å². The quantitative estimate of drug-likeness (QED) is 0.604. The Kier molecular flexibility index (Phi) is 4.62. The monoisotopic (exact) mass is 249 g/mol. The van der Waals surface area contributed by atoms with E-state index in [0.717, 1.165) is 31.6 Å². The van der Waals surface area contributed by atoms with Gasteiger partial charge >= 0.3 is 0 Å². The van der Waals surface area contributed by atoms with Gasteiger partial charge in [0.1, 0.15) is 11.6 Å². The van der Waals surface area contributed by atoms with Gasteiger partial charge in [-0.05, 0) is 44.7 Å². The molecule has 1 aromatic rings. The minimum absolute atomic E-state index is 0.226. The minimum Gasteiger partial charge on any atom is -0.490 e. The molecular formula is C15H20FNO. The maximum absolute atomic E-state index is 13.6. The lowest BCUT2D eigenvalue weighted by Gasteiger charge is -2.26. The molecule has 1 N–H and O–H groups in total. The van der Waals surface area contributed by atoms with Gasteiger partial charge in [0.25, 0.3) is 0 Å². The Morgan fingerprint density at radius 3 is 2.94 bits per heavy atom. The summed E-state index contributed by atoms with van der Waals surface area (Å²) in [6.45, 7) is 2.71. The highest BCUT2D eigenvalue weighted by Gasteiger charge is 2.19. The highest BCUT2D eigenvalue weighted by atomic mass is 19.1. The zero-order valence-electron chi connectivity index (χ0n) is 10.8. The van der Waals surface area contributed by atoms with E-state index < -0.39 is 0 Å². The lowest BCUT2D eigenvalue weighted by molar-refractivity contribution is 0.120. The van der Waals surface area contributed by atoms with Crippen molar-refractivity contribution in [3.63, 3.8) is 0 Å². The van der Waals surface area contributed by atoms with Crippen LogP contribution in [0.25, 0.3) is 0 Å². The summed E-state index contributed by atoms with van der Waals surface area (Å²) in [6.07, 6.45) is 8.73. The highest BCUT2D eigenvalue weighted by Crippen LogP contribution is 2.27. The molecule has 0 aliphatic heterocycles. The van der Waals surface area contributed by atoms with Crippen LogP contribution in [0.5, 0.6) is 5.75 Å². The number of allylic oxidation sites excluding steroid dienone is 1. The largest absolute Gasteiger partial charge is 0.490 e. The zero-order chi connectivity index (χ0) is 12.8. The van der Waals surface area contributed by atoms with Gasteiger partial charge in [0.05, 0.1) is 11.8 Å². The maximum Gasteiger partial charge on any atom is 0.146 e. The second-order valence-electron chi connectivity index (χ2n) is 4.60. The smallest absolute Gasteiger partial charge is 0.146 e. The number of hydrogen-bond acceptors (Lipinski definition) is 2. The van der Waals surface area contributed by atoms with Crippen LogP contribution in [-0.4, -0.2) is 12.6 Å². The van der Waals surface area contributed by atoms with E-state index in [1.165, 1.54) is 12.5 Å². The highest BCUT2D eigenvalue weighted by molar-refractivity contribution is 5.49. The van der Waals surface area contributed by atoms with Crippen LogP contribution in [-0.2, 0) is 0 Å². The average Bonchev–Trinajstić information content (AvgIpc) is 2.32. The number of rotatable bonds is 6. The molecule has 0 bridgehead atoms. The van der Waals surface area contributed by atoms with E-state index in [1.807, 2.05) is 13.0 Å². The van der Waals surface area contributed by atoms with Gasteiger partial charge in [-0.3, -0.25) is 0 Å². The van der Waals surface area contributed by atoms with Gasteiger partial charge in [0, 0.05) is 12.6 Å². The van der Waals surface area contributed by atoms with Crippen molar-refractivity contribution in [1.82, 2.24) is 0 Å². The molecule has 1 fully saturated rings. The van der Waals surface area contributed by atoms with Crippen LogP contribution in [0.1, 0.15) is 32.6 Å². The average molecular weight is 249 g/mol. The lowest BCUT2D eigenvalue weighted by Crippen LogP contribution is -2.24. The van der Waals surface area contributed by atoms with Crippen LogP contribution in [0, 0.1) is 5.82 Å². The van der Waals surface area contributed by atoms with Crippen molar-refractivity contribution in [2.75, 3.05) is 11.9 Å². The first-order valence-corrected chi connectivity index (χ1v) is 6.61. The molecular weight excluding hydrogens is 229 g/mol. The Morgan fingerprint density at radius 2 is 2.28 bits per heavy atom. The molecule has 1 aliphatic rings. The maximum atomic E-state index is 13.6. The lowest BCUT2D eigenvalue weighted by atomic mass is 9.96. The van der Waals surface area contributed by atoms with Crippen molar-refractivity contribution < 1.29 is 9.13 Å². The number of benzene rings is 1. The molecule has 1 saturated carbocycles. The molecule has 0 spiro atoms. The Labute approximate surface area is 108 Å². The third-order valence-electron chi connectivity index (χ3n) is 3.15. The van der Waals surface area contributed by atoms with Crippen LogP contribution < -0.4 is 10.1 Å². The van der Waals surface area contributed by atoms with Gasteiger partial charge in [0.2, 0.25) is 0 Å². The Morgan fingerprint density at radius 1 is 1.44 bits per heavy atom. The van der Waals surface area contributed by atoms with E-state index in [0.29, 0.717) is 11.8 Å². The molecule has 3 heteroatoms. The molecule has 0 aromatic heterocycles. The molecule has 98 valence electrons. The molecule has 0 unspecified atom stereocenters. The molecule has 0 amide bonds. The van der Waals surface area contributed by atoms with Gasteiger partial charge in [-0.15, -0.1) is 0 Å². The van der Waals surface area contributed by atoms with Crippen molar-refractivity contribution >= 4 is 5.69 Å². The van der Waals surface area contributed by atoms with Gasteiger partial charge in [-0.2, -0.15) is 0 Å². The summed E-state index contributed by atoms with van der Waals surface area (Å²) in [7, 11) is 0. The van der Waals surface area contributed by atoms with Crippen molar-refractivity contribution in [3.8, 4) is 5.75 Å². The summed E-state index contributed by atoms with van der Waals surface area (Å²) in [4.78, 5) is 0. The van der Waals surface area contributed by atoms with Gasteiger partial charge in [-0.25, -0.2) is 4.39 Å². The second-order valence-corrected chi connectivity index (χ2v) is 4.60. The van der Waals surface area contributed by atoms with Crippen molar-refractivity contribution in [2.24, 2.45) is 0 Å². The number of anilines is 1. The van der Waals surface area contributed by atoms with E-state index in [2.05, 4.69) is 11.4 Å². The summed E-state index contributed by atoms with van der Waals surface area (Å²) in [6, 6.07) is 4.92. The van der Waals surface area contributed by atoms with E-state index >= 15 is 0 Å². The Bertz CT molecular complexity index is 413. The number of nitrogens with one attached hydrogen (secondary N) is 1. The molecule has 18 heavy (non-hydrogen) atoms. The first kappa shape index (κ1) is 12.9. The topological polar surface area (TPSA) is 21.3 Å². The second kappa shape index (κ2) is 6.43. The first-order chi connectivity index (χ1) is 8.79. The molecule has 0 saturated heterocycles. The fraction of sp³-hybridized carbons (Fsp3) is 0.467. The molecule has 0 atom stereocenters. The van der Waals surface area contributed by atoms with E-state index in [9.17, 15) is 4.39 Å². The number of halogens is 1. The number of hydrogen-bond donors (Lipinski definition) is 1. The van der Waals surface area contributed by atoms with Crippen molar-refractivity contribution in [1.29, 1.82) is 0 Å². The molecule has 1 aliphatic carbocycles. The van der Waals surface area contributed by atoms with Crippen LogP contribution in [0.2, 0.25) is 0 Å². The first-order valence-electron chi connectivity index (χ1n) is 6.61. The Balaban J connectivity index is 1.92. The zero-order valence-corrected chi connectivity index (χ0v) is 10.8. The third-order valence-corrected chi connectivity index (χ3v) is 3.15. The fourth-order valence-corrected chi connectivity index (χ4v) is 1.85. The predicted octanol–water partition coefficient (Wildman–Crippen LogP) is 4.14. The van der Waals surface area contributed by atoms with Crippen molar-refractivity contribution in [3.05, 3.63) is 36.2 Å². The summed E-state index contributed by atoms with van der Waals surface area (Å²) in [5, 5.41) is 3.09. The number of ether oxygens (including phenoxy) is 1. The van der Waals surface area contributed by atoms with Gasteiger partial charge in [-0.1, -0.05) is 12.2 Å². The standard InChI is InChI=1S/C15H20FNO/c1-2-3-4-10-17-15-11-13(8-9-14(15)16)18-12-6-5-7-12/h2-3,8-9,11-12,17H,4-7,10H2,1H3/b3-2-. The summed E-state index contributed by atoms with van der Waals surface area (Å²) < 4.78 is 19.3. The summed E-state index contributed by atoms with van der Waals surface area (Å²) in [5.74, 6) is 0.533. The molecule has 0 radical (unpaired) electrons. The fourth-order valence-electron chi connectivity index (χ4n) is 1.85.